The molecule has 3 aromatic rings. The molecular weight excluding hydrogens is 392 g/mol. The summed E-state index contributed by atoms with van der Waals surface area (Å²) in [5.74, 6) is -0.974. The number of amides is 1. The van der Waals surface area contributed by atoms with Gasteiger partial charge in [0.1, 0.15) is 11.5 Å². The summed E-state index contributed by atoms with van der Waals surface area (Å²) in [5, 5.41) is 11.2. The Morgan fingerprint density at radius 1 is 1.00 bits per heavy atom. The van der Waals surface area contributed by atoms with Gasteiger partial charge >= 0.3 is 0 Å². The first-order chi connectivity index (χ1) is 14.9. The van der Waals surface area contributed by atoms with E-state index in [4.69, 9.17) is 4.74 Å². The molecule has 0 aliphatic carbocycles. The zero-order chi connectivity index (χ0) is 22.1. The second-order valence-corrected chi connectivity index (χ2v) is 7.42. The normalized spacial score (nSPS) is 17.8. The Balaban J connectivity index is 1.96. The zero-order valence-electron chi connectivity index (χ0n) is 17.5. The van der Waals surface area contributed by atoms with E-state index in [-0.39, 0.29) is 11.3 Å². The Hall–Kier alpha value is -3.93. The Morgan fingerprint density at radius 3 is 2.35 bits per heavy atom. The van der Waals surface area contributed by atoms with Gasteiger partial charge in [-0.25, -0.2) is 0 Å². The van der Waals surface area contributed by atoms with Crippen molar-refractivity contribution in [2.24, 2.45) is 0 Å². The molecule has 1 fully saturated rings. The number of benzene rings is 2. The van der Waals surface area contributed by atoms with E-state index in [0.29, 0.717) is 22.6 Å². The van der Waals surface area contributed by atoms with Crippen LogP contribution in [0.2, 0.25) is 0 Å². The first-order valence-corrected chi connectivity index (χ1v) is 9.85. The number of aliphatic hydroxyl groups excluding tert-OH is 1. The molecule has 2 heterocycles. The number of aromatic nitrogens is 1. The molecule has 1 unspecified atom stereocenters. The molecule has 6 nitrogen and oxygen atoms in total. The van der Waals surface area contributed by atoms with Gasteiger partial charge in [-0.3, -0.25) is 19.5 Å². The number of aliphatic hydroxyl groups is 1. The highest BCUT2D eigenvalue weighted by molar-refractivity contribution is 6.51. The van der Waals surface area contributed by atoms with Crippen molar-refractivity contribution in [2.75, 3.05) is 12.0 Å². The molecule has 1 amide bonds. The minimum absolute atomic E-state index is 0.0488. The molecular formula is C25H22N2O4. The van der Waals surface area contributed by atoms with Crippen molar-refractivity contribution in [3.05, 3.63) is 94.8 Å². The van der Waals surface area contributed by atoms with Gasteiger partial charge in [0.2, 0.25) is 0 Å². The lowest BCUT2D eigenvalue weighted by molar-refractivity contribution is -0.132. The zero-order valence-corrected chi connectivity index (χ0v) is 17.5. The van der Waals surface area contributed by atoms with Gasteiger partial charge in [-0.2, -0.15) is 0 Å². The van der Waals surface area contributed by atoms with Gasteiger partial charge < -0.3 is 9.84 Å². The van der Waals surface area contributed by atoms with Crippen LogP contribution in [0, 0.1) is 13.8 Å². The summed E-state index contributed by atoms with van der Waals surface area (Å²) in [4.78, 5) is 31.9. The Bertz CT molecular complexity index is 1200. The van der Waals surface area contributed by atoms with Gasteiger partial charge in [-0.15, -0.1) is 0 Å². The number of carbonyl (C=O) groups is 2. The third-order valence-electron chi connectivity index (χ3n) is 5.53. The molecule has 0 radical (unpaired) electrons. The van der Waals surface area contributed by atoms with Crippen LogP contribution in [0.1, 0.15) is 28.3 Å². The topological polar surface area (TPSA) is 79.7 Å². The summed E-state index contributed by atoms with van der Waals surface area (Å²) in [6.07, 6.45) is 3.21. The fourth-order valence-electron chi connectivity index (χ4n) is 3.95. The summed E-state index contributed by atoms with van der Waals surface area (Å²) in [6.45, 7) is 3.70. The maximum atomic E-state index is 13.2. The number of nitrogens with zero attached hydrogens (tertiary/aromatic N) is 2. The molecule has 4 rings (SSSR count). The minimum Gasteiger partial charge on any atom is -0.507 e. The summed E-state index contributed by atoms with van der Waals surface area (Å²) in [6, 6.07) is 15.3. The number of Topliss-reactive ketones (excluding diaryl/α,β-unsaturated/α-hetero) is 1. The van der Waals surface area contributed by atoms with E-state index < -0.39 is 17.7 Å². The van der Waals surface area contributed by atoms with E-state index in [1.807, 2.05) is 32.0 Å². The number of hydrogen-bond donors (Lipinski definition) is 1. The van der Waals surface area contributed by atoms with Crippen molar-refractivity contribution in [2.45, 2.75) is 19.9 Å². The van der Waals surface area contributed by atoms with Gasteiger partial charge in [0.15, 0.2) is 0 Å². The molecule has 2 aromatic carbocycles. The first kappa shape index (κ1) is 20.3. The molecule has 1 aromatic heterocycles. The predicted octanol–water partition coefficient (Wildman–Crippen LogP) is 4.33. The number of carbonyl (C=O) groups excluding carboxylic acids is 2. The van der Waals surface area contributed by atoms with E-state index >= 15 is 0 Å². The molecule has 1 aliphatic rings. The van der Waals surface area contributed by atoms with Crippen LogP contribution in [-0.4, -0.2) is 28.9 Å². The number of ketones is 1. The van der Waals surface area contributed by atoms with Crippen LogP contribution >= 0.6 is 0 Å². The lowest BCUT2D eigenvalue weighted by Gasteiger charge is -2.26. The van der Waals surface area contributed by atoms with Crippen LogP contribution in [-0.2, 0) is 9.59 Å². The van der Waals surface area contributed by atoms with E-state index in [2.05, 4.69) is 4.98 Å². The van der Waals surface area contributed by atoms with E-state index in [9.17, 15) is 14.7 Å². The SMILES string of the molecule is COc1ccc(/C(O)=C2/C(=O)C(=O)N(c3ccccc3C)C2c2ccncc2)c(C)c1. The standard InChI is InChI=1S/C25H22N2O4/c1-15-6-4-5-7-20(15)27-22(17-10-12-26-13-11-17)21(24(29)25(27)30)23(28)19-9-8-18(31-3)14-16(19)2/h4-14,22,28H,1-3H3/b23-21-. The molecule has 31 heavy (non-hydrogen) atoms. The Kier molecular flexibility index (Phi) is 5.29. The number of methoxy groups -OCH3 is 1. The number of rotatable bonds is 4. The van der Waals surface area contributed by atoms with Crippen molar-refractivity contribution < 1.29 is 19.4 Å². The monoisotopic (exact) mass is 414 g/mol. The van der Waals surface area contributed by atoms with Gasteiger partial charge in [0, 0.05) is 23.6 Å². The van der Waals surface area contributed by atoms with Crippen molar-refractivity contribution in [3.63, 3.8) is 0 Å². The van der Waals surface area contributed by atoms with Crippen molar-refractivity contribution in [1.29, 1.82) is 0 Å². The van der Waals surface area contributed by atoms with Crippen LogP contribution in [0.15, 0.2) is 72.6 Å². The van der Waals surface area contributed by atoms with E-state index in [1.54, 1.807) is 55.9 Å². The van der Waals surface area contributed by atoms with Crippen LogP contribution in [0.25, 0.3) is 5.76 Å². The number of aryl methyl sites for hydroxylation is 2. The van der Waals surface area contributed by atoms with Gasteiger partial charge in [-0.1, -0.05) is 18.2 Å². The van der Waals surface area contributed by atoms with E-state index in [1.165, 1.54) is 4.90 Å². The van der Waals surface area contributed by atoms with Gasteiger partial charge in [0.25, 0.3) is 11.7 Å². The number of ether oxygens (including phenoxy) is 1. The van der Waals surface area contributed by atoms with Gasteiger partial charge in [-0.05, 0) is 66.9 Å². The Labute approximate surface area is 180 Å². The van der Waals surface area contributed by atoms with Gasteiger partial charge in [0.05, 0.1) is 18.7 Å². The largest absolute Gasteiger partial charge is 0.507 e. The fourth-order valence-corrected chi connectivity index (χ4v) is 3.95. The van der Waals surface area contributed by atoms with Crippen LogP contribution in [0.4, 0.5) is 5.69 Å². The highest BCUT2D eigenvalue weighted by Crippen LogP contribution is 2.43. The number of para-hydroxylation sites is 1. The molecule has 0 saturated carbocycles. The third-order valence-corrected chi connectivity index (χ3v) is 5.53. The molecule has 156 valence electrons. The lowest BCUT2D eigenvalue weighted by atomic mass is 9.94. The first-order valence-electron chi connectivity index (χ1n) is 9.85. The average molecular weight is 414 g/mol. The quantitative estimate of drug-likeness (QED) is 0.390. The van der Waals surface area contributed by atoms with Crippen LogP contribution in [0.5, 0.6) is 5.75 Å². The second-order valence-electron chi connectivity index (χ2n) is 7.42. The summed E-state index contributed by atoms with van der Waals surface area (Å²) < 4.78 is 5.24. The van der Waals surface area contributed by atoms with Crippen LogP contribution < -0.4 is 9.64 Å². The molecule has 1 atom stereocenters. The lowest BCUT2D eigenvalue weighted by Crippen LogP contribution is -2.30. The highest BCUT2D eigenvalue weighted by atomic mass is 16.5. The molecule has 1 saturated heterocycles. The number of pyridine rings is 1. The predicted molar refractivity (Wildman–Crippen MR) is 118 cm³/mol. The van der Waals surface area contributed by atoms with Crippen molar-refractivity contribution >= 4 is 23.1 Å². The van der Waals surface area contributed by atoms with Crippen LogP contribution in [0.3, 0.4) is 0 Å². The number of hydrogen-bond acceptors (Lipinski definition) is 5. The minimum atomic E-state index is -0.773. The van der Waals surface area contributed by atoms with Crippen molar-refractivity contribution in [1.82, 2.24) is 4.98 Å². The smallest absolute Gasteiger partial charge is 0.300 e. The maximum Gasteiger partial charge on any atom is 0.300 e. The summed E-state index contributed by atoms with van der Waals surface area (Å²) >= 11 is 0. The molecule has 0 spiro atoms. The molecule has 1 N–H and O–H groups in total. The summed E-state index contributed by atoms with van der Waals surface area (Å²) in [5.41, 5.74) is 3.41. The molecule has 0 bridgehead atoms. The average Bonchev–Trinajstić information content (AvgIpc) is 3.04. The third kappa shape index (κ3) is 3.46. The van der Waals surface area contributed by atoms with E-state index in [0.717, 1.165) is 11.1 Å². The maximum absolute atomic E-state index is 13.2. The molecule has 6 heteroatoms. The fraction of sp³-hybridized carbons (Fsp3) is 0.160. The second kappa shape index (κ2) is 8.07. The Morgan fingerprint density at radius 2 is 1.71 bits per heavy atom. The number of anilines is 1. The summed E-state index contributed by atoms with van der Waals surface area (Å²) in [7, 11) is 1.56. The highest BCUT2D eigenvalue weighted by Gasteiger charge is 2.47. The van der Waals surface area contributed by atoms with Crippen molar-refractivity contribution in [3.8, 4) is 5.75 Å². The molecule has 1 aliphatic heterocycles.